The number of nitrogens with zero attached hydrogens (tertiary/aromatic N) is 4. The van der Waals surface area contributed by atoms with E-state index >= 15 is 0 Å². The third-order valence-corrected chi connectivity index (χ3v) is 5.61. The third-order valence-electron chi connectivity index (χ3n) is 4.92. The summed E-state index contributed by atoms with van der Waals surface area (Å²) in [5, 5.41) is 2.43. The fraction of sp³-hybridized carbons (Fsp3) is 0.733. The first-order chi connectivity index (χ1) is 10.7. The SMILES string of the molecule is CN1CCC(N2CCN(C(C=O)c3csc(N)n3)CC2)CC1. The van der Waals surface area contributed by atoms with Crippen LogP contribution in [0.2, 0.25) is 0 Å². The smallest absolute Gasteiger partial charge is 0.180 e. The van der Waals surface area contributed by atoms with E-state index in [0.29, 0.717) is 11.2 Å². The van der Waals surface area contributed by atoms with Crippen LogP contribution < -0.4 is 5.73 Å². The van der Waals surface area contributed by atoms with Crippen LogP contribution in [0.1, 0.15) is 24.6 Å². The van der Waals surface area contributed by atoms with Crippen LogP contribution in [0, 0.1) is 0 Å². The van der Waals surface area contributed by atoms with Crippen molar-refractivity contribution in [3.8, 4) is 0 Å². The van der Waals surface area contributed by atoms with Gasteiger partial charge in [0.1, 0.15) is 12.3 Å². The Labute approximate surface area is 135 Å². The summed E-state index contributed by atoms with van der Waals surface area (Å²) in [6.07, 6.45) is 3.52. The lowest BCUT2D eigenvalue weighted by Gasteiger charge is -2.43. The summed E-state index contributed by atoms with van der Waals surface area (Å²) in [6, 6.07) is 0.469. The molecule has 0 aromatic carbocycles. The number of carbonyl (C=O) groups is 1. The molecule has 2 fully saturated rings. The number of aldehydes is 1. The van der Waals surface area contributed by atoms with Gasteiger partial charge < -0.3 is 15.4 Å². The van der Waals surface area contributed by atoms with Gasteiger partial charge in [-0.2, -0.15) is 0 Å². The normalized spacial score (nSPS) is 24.4. The van der Waals surface area contributed by atoms with Crippen molar-refractivity contribution in [2.75, 3.05) is 52.0 Å². The zero-order valence-electron chi connectivity index (χ0n) is 13.1. The Hall–Kier alpha value is -1.02. The van der Waals surface area contributed by atoms with Gasteiger partial charge in [0, 0.05) is 37.6 Å². The maximum absolute atomic E-state index is 11.5. The average Bonchev–Trinajstić information content (AvgIpc) is 2.96. The van der Waals surface area contributed by atoms with E-state index in [1.165, 1.54) is 37.3 Å². The molecule has 3 heterocycles. The van der Waals surface area contributed by atoms with Crippen LogP contribution in [-0.2, 0) is 4.79 Å². The van der Waals surface area contributed by atoms with Gasteiger partial charge in [0.05, 0.1) is 5.69 Å². The van der Waals surface area contributed by atoms with Gasteiger partial charge in [-0.25, -0.2) is 4.98 Å². The van der Waals surface area contributed by atoms with Crippen LogP contribution in [-0.4, -0.2) is 78.3 Å². The lowest BCUT2D eigenvalue weighted by Crippen LogP contribution is -2.53. The standard InChI is InChI=1S/C15H25N5OS/c1-18-4-2-12(3-5-18)19-6-8-20(9-7-19)14(10-21)13-11-22-15(16)17-13/h10-12,14H,2-9H2,1H3,(H2,16,17). The predicted molar refractivity (Wildman–Crippen MR) is 89.0 cm³/mol. The molecule has 6 nitrogen and oxygen atoms in total. The summed E-state index contributed by atoms with van der Waals surface area (Å²) in [5.41, 5.74) is 6.49. The predicted octanol–water partition coefficient (Wildman–Crippen LogP) is 0.677. The molecule has 0 amide bonds. The molecule has 0 aliphatic carbocycles. The summed E-state index contributed by atoms with van der Waals surface area (Å²) in [4.78, 5) is 23.0. The number of hydrogen-bond donors (Lipinski definition) is 1. The fourth-order valence-electron chi connectivity index (χ4n) is 3.52. The van der Waals surface area contributed by atoms with Gasteiger partial charge in [-0.15, -0.1) is 11.3 Å². The number of aromatic nitrogens is 1. The zero-order chi connectivity index (χ0) is 15.5. The minimum Gasteiger partial charge on any atom is -0.375 e. The molecule has 1 unspecified atom stereocenters. The van der Waals surface area contributed by atoms with Crippen LogP contribution in [0.3, 0.4) is 0 Å². The molecule has 2 saturated heterocycles. The van der Waals surface area contributed by atoms with Crippen molar-refractivity contribution in [2.24, 2.45) is 0 Å². The molecule has 2 aliphatic heterocycles. The molecule has 0 bridgehead atoms. The van der Waals surface area contributed by atoms with Crippen LogP contribution >= 0.6 is 11.3 Å². The quantitative estimate of drug-likeness (QED) is 0.822. The van der Waals surface area contributed by atoms with Crippen LogP contribution in [0.5, 0.6) is 0 Å². The summed E-state index contributed by atoms with van der Waals surface area (Å²) in [5.74, 6) is 0. The second-order valence-corrected chi connectivity index (χ2v) is 7.19. The highest BCUT2D eigenvalue weighted by atomic mass is 32.1. The van der Waals surface area contributed by atoms with Gasteiger partial charge >= 0.3 is 0 Å². The van der Waals surface area contributed by atoms with E-state index in [4.69, 9.17) is 5.73 Å². The number of piperidine rings is 1. The molecule has 22 heavy (non-hydrogen) atoms. The topological polar surface area (TPSA) is 65.7 Å². The lowest BCUT2D eigenvalue weighted by atomic mass is 10.0. The molecule has 0 radical (unpaired) electrons. The molecule has 0 saturated carbocycles. The van der Waals surface area contributed by atoms with Crippen LogP contribution in [0.4, 0.5) is 5.13 Å². The number of thiazole rings is 1. The van der Waals surface area contributed by atoms with E-state index in [0.717, 1.165) is 38.2 Å². The maximum atomic E-state index is 11.5. The first-order valence-electron chi connectivity index (χ1n) is 8.00. The Morgan fingerprint density at radius 2 is 1.95 bits per heavy atom. The number of anilines is 1. The largest absolute Gasteiger partial charge is 0.375 e. The first kappa shape index (κ1) is 15.9. The minimum absolute atomic E-state index is 0.242. The highest BCUT2D eigenvalue weighted by molar-refractivity contribution is 7.13. The van der Waals surface area contributed by atoms with Crippen molar-refractivity contribution in [2.45, 2.75) is 24.9 Å². The van der Waals surface area contributed by atoms with Gasteiger partial charge in [0.2, 0.25) is 0 Å². The first-order valence-corrected chi connectivity index (χ1v) is 8.88. The van der Waals surface area contributed by atoms with Gasteiger partial charge in [-0.3, -0.25) is 9.80 Å². The number of likely N-dealkylation sites (tertiary alicyclic amines) is 1. The Morgan fingerprint density at radius 1 is 1.27 bits per heavy atom. The summed E-state index contributed by atoms with van der Waals surface area (Å²) < 4.78 is 0. The highest BCUT2D eigenvalue weighted by Crippen LogP contribution is 2.25. The third kappa shape index (κ3) is 3.48. The van der Waals surface area contributed by atoms with E-state index < -0.39 is 0 Å². The number of hydrogen-bond acceptors (Lipinski definition) is 7. The maximum Gasteiger partial charge on any atom is 0.180 e. The number of rotatable bonds is 4. The summed E-state index contributed by atoms with van der Waals surface area (Å²) in [7, 11) is 2.20. The van der Waals surface area contributed by atoms with Crippen molar-refractivity contribution >= 4 is 22.8 Å². The Kier molecular flexibility index (Phi) is 5.07. The molecule has 1 aromatic rings. The van der Waals surface area contributed by atoms with Gasteiger partial charge in [0.15, 0.2) is 5.13 Å². The van der Waals surface area contributed by atoms with Crippen LogP contribution in [0.25, 0.3) is 0 Å². The average molecular weight is 323 g/mol. The van der Waals surface area contributed by atoms with E-state index in [2.05, 4.69) is 26.7 Å². The Bertz CT molecular complexity index is 492. The fourth-order valence-corrected chi connectivity index (χ4v) is 4.11. The molecule has 1 atom stereocenters. The van der Waals surface area contributed by atoms with Crippen molar-refractivity contribution in [1.82, 2.24) is 19.7 Å². The molecule has 3 rings (SSSR count). The Morgan fingerprint density at radius 3 is 2.50 bits per heavy atom. The van der Waals surface area contributed by atoms with Crippen molar-refractivity contribution in [3.05, 3.63) is 11.1 Å². The molecule has 2 aliphatic rings. The minimum atomic E-state index is -0.242. The van der Waals surface area contributed by atoms with Crippen molar-refractivity contribution < 1.29 is 4.79 Å². The molecule has 122 valence electrons. The van der Waals surface area contributed by atoms with Crippen molar-refractivity contribution in [1.29, 1.82) is 0 Å². The summed E-state index contributed by atoms with van der Waals surface area (Å²) >= 11 is 1.40. The monoisotopic (exact) mass is 323 g/mol. The van der Waals surface area contributed by atoms with Gasteiger partial charge in [0.25, 0.3) is 0 Å². The second kappa shape index (κ2) is 7.04. The second-order valence-electron chi connectivity index (χ2n) is 6.30. The van der Waals surface area contributed by atoms with Crippen LogP contribution in [0.15, 0.2) is 5.38 Å². The summed E-state index contributed by atoms with van der Waals surface area (Å²) in [6.45, 7) is 6.32. The Balaban J connectivity index is 1.55. The lowest BCUT2D eigenvalue weighted by molar-refractivity contribution is -0.113. The molecular formula is C15H25N5OS. The van der Waals surface area contributed by atoms with Crippen molar-refractivity contribution in [3.63, 3.8) is 0 Å². The molecule has 7 heteroatoms. The van der Waals surface area contributed by atoms with E-state index in [1.807, 2.05) is 5.38 Å². The highest BCUT2D eigenvalue weighted by Gasteiger charge is 2.30. The zero-order valence-corrected chi connectivity index (χ0v) is 14.0. The van der Waals surface area contributed by atoms with E-state index in [-0.39, 0.29) is 6.04 Å². The number of nitrogens with two attached hydrogens (primary N) is 1. The van der Waals surface area contributed by atoms with E-state index in [9.17, 15) is 4.79 Å². The molecule has 0 spiro atoms. The molecule has 2 N–H and O–H groups in total. The number of nitrogen functional groups attached to an aromatic ring is 1. The van der Waals surface area contributed by atoms with Gasteiger partial charge in [-0.1, -0.05) is 0 Å². The molecular weight excluding hydrogens is 298 g/mol. The number of carbonyl (C=O) groups excluding carboxylic acids is 1. The molecule has 1 aromatic heterocycles. The van der Waals surface area contributed by atoms with E-state index in [1.54, 1.807) is 0 Å². The number of piperazine rings is 1. The van der Waals surface area contributed by atoms with Gasteiger partial charge in [-0.05, 0) is 33.0 Å².